The molecule has 30 heavy (non-hydrogen) atoms. The molecule has 0 aliphatic heterocycles. The van der Waals surface area contributed by atoms with Crippen LogP contribution in [0.2, 0.25) is 0 Å². The molecule has 1 amide bonds. The fourth-order valence-electron chi connectivity index (χ4n) is 6.38. The van der Waals surface area contributed by atoms with Crippen LogP contribution in [-0.2, 0) is 11.2 Å². The zero-order valence-electron chi connectivity index (χ0n) is 17.4. The van der Waals surface area contributed by atoms with Crippen LogP contribution < -0.4 is 11.5 Å². The zero-order valence-corrected chi connectivity index (χ0v) is 17.4. The molecule has 2 aromatic carbocycles. The first-order chi connectivity index (χ1) is 14.4. The van der Waals surface area contributed by atoms with Gasteiger partial charge in [0.05, 0.1) is 0 Å². The van der Waals surface area contributed by atoms with Crippen molar-refractivity contribution in [2.45, 2.75) is 44.9 Å². The number of fused-ring (bicyclic) bond motifs is 5. The van der Waals surface area contributed by atoms with E-state index in [0.717, 1.165) is 48.9 Å². The molecule has 4 heteroatoms. The number of hydrogen-bond acceptors (Lipinski definition) is 3. The van der Waals surface area contributed by atoms with Crippen molar-refractivity contribution in [3.8, 4) is 0 Å². The number of anilines is 1. The number of hydrogen-bond donors (Lipinski definition) is 2. The minimum atomic E-state index is -0.446. The SMILES string of the molecule is CC12CCC3c4ccc(N)cc4CCC3C1CC(=Cc1cccc(C(N)=O)c1)C2=O. The van der Waals surface area contributed by atoms with E-state index in [1.165, 1.54) is 11.1 Å². The summed E-state index contributed by atoms with van der Waals surface area (Å²) in [5.41, 5.74) is 17.1. The molecule has 4 atom stereocenters. The highest BCUT2D eigenvalue weighted by Crippen LogP contribution is 2.60. The molecule has 3 aliphatic carbocycles. The summed E-state index contributed by atoms with van der Waals surface area (Å²) < 4.78 is 0. The van der Waals surface area contributed by atoms with Gasteiger partial charge in [0.15, 0.2) is 5.78 Å². The molecular weight excluding hydrogens is 372 g/mol. The number of ketones is 1. The van der Waals surface area contributed by atoms with Gasteiger partial charge >= 0.3 is 0 Å². The summed E-state index contributed by atoms with van der Waals surface area (Å²) in [4.78, 5) is 25.0. The number of Topliss-reactive ketones (excluding diaryl/α,β-unsaturated/α-hetero) is 1. The second kappa shape index (κ2) is 6.83. The first kappa shape index (κ1) is 19.1. The van der Waals surface area contributed by atoms with E-state index in [-0.39, 0.29) is 5.41 Å². The largest absolute Gasteiger partial charge is 0.399 e. The van der Waals surface area contributed by atoms with Gasteiger partial charge in [-0.3, -0.25) is 9.59 Å². The van der Waals surface area contributed by atoms with E-state index in [2.05, 4.69) is 19.1 Å². The number of amides is 1. The van der Waals surface area contributed by atoms with E-state index in [9.17, 15) is 9.59 Å². The van der Waals surface area contributed by atoms with Crippen LogP contribution in [0.5, 0.6) is 0 Å². The lowest BCUT2D eigenvalue weighted by atomic mass is 9.55. The monoisotopic (exact) mass is 400 g/mol. The lowest BCUT2D eigenvalue weighted by Gasteiger charge is -2.48. The Labute approximate surface area is 177 Å². The first-order valence-electron chi connectivity index (χ1n) is 10.9. The maximum atomic E-state index is 13.5. The van der Waals surface area contributed by atoms with Crippen LogP contribution in [0, 0.1) is 17.3 Å². The number of primary amides is 1. The molecule has 2 aromatic rings. The highest BCUT2D eigenvalue weighted by atomic mass is 16.1. The Morgan fingerprint density at radius 1 is 1.17 bits per heavy atom. The molecule has 2 fully saturated rings. The highest BCUT2D eigenvalue weighted by molar-refractivity contribution is 6.06. The first-order valence-corrected chi connectivity index (χ1v) is 10.9. The van der Waals surface area contributed by atoms with Gasteiger partial charge in [-0.2, -0.15) is 0 Å². The molecule has 0 heterocycles. The van der Waals surface area contributed by atoms with E-state index in [1.54, 1.807) is 12.1 Å². The van der Waals surface area contributed by atoms with E-state index < -0.39 is 5.91 Å². The van der Waals surface area contributed by atoms with Gasteiger partial charge in [0.1, 0.15) is 0 Å². The van der Waals surface area contributed by atoms with Gasteiger partial charge in [0.25, 0.3) is 0 Å². The number of nitrogens with two attached hydrogens (primary N) is 2. The maximum absolute atomic E-state index is 13.5. The summed E-state index contributed by atoms with van der Waals surface area (Å²) in [6.45, 7) is 2.18. The Hall–Kier alpha value is -2.88. The van der Waals surface area contributed by atoms with E-state index in [4.69, 9.17) is 11.5 Å². The number of benzene rings is 2. The van der Waals surface area contributed by atoms with Crippen molar-refractivity contribution in [1.82, 2.24) is 0 Å². The van der Waals surface area contributed by atoms with E-state index >= 15 is 0 Å². The summed E-state index contributed by atoms with van der Waals surface area (Å²) in [6.07, 6.45) is 6.96. The quantitative estimate of drug-likeness (QED) is 0.575. The van der Waals surface area contributed by atoms with Gasteiger partial charge in [-0.15, -0.1) is 0 Å². The predicted molar refractivity (Wildman–Crippen MR) is 119 cm³/mol. The normalized spacial score (nSPS) is 31.2. The summed E-state index contributed by atoms with van der Waals surface area (Å²) in [7, 11) is 0. The summed E-state index contributed by atoms with van der Waals surface area (Å²) in [5.74, 6) is 1.28. The number of aryl methyl sites for hydroxylation is 1. The number of carbonyl (C=O) groups is 2. The summed E-state index contributed by atoms with van der Waals surface area (Å²) in [5, 5.41) is 0. The van der Waals surface area contributed by atoms with E-state index in [0.29, 0.717) is 29.1 Å². The standard InChI is InChI=1S/C26H28N2O2/c1-26-10-9-21-20-8-6-19(27)13-16(20)5-7-22(21)23(26)14-18(24(26)29)12-15-3-2-4-17(11-15)25(28)30/h2-4,6,8,11-13,21-23H,5,7,9-10,14,27H2,1H3,(H2,28,30). The predicted octanol–water partition coefficient (Wildman–Crippen LogP) is 4.49. The molecule has 0 radical (unpaired) electrons. The zero-order chi connectivity index (χ0) is 21.0. The maximum Gasteiger partial charge on any atom is 0.248 e. The molecule has 4 N–H and O–H groups in total. The topological polar surface area (TPSA) is 86.2 Å². The third-order valence-corrected chi connectivity index (χ3v) is 7.90. The van der Waals surface area contributed by atoms with Gasteiger partial charge in [0.2, 0.25) is 5.91 Å². The molecular formula is C26H28N2O2. The second-order valence-electron chi connectivity index (χ2n) is 9.52. The Morgan fingerprint density at radius 3 is 2.80 bits per heavy atom. The molecule has 4 unspecified atom stereocenters. The van der Waals surface area contributed by atoms with Crippen LogP contribution in [0.15, 0.2) is 48.0 Å². The lowest BCUT2D eigenvalue weighted by Crippen LogP contribution is -2.42. The Morgan fingerprint density at radius 2 is 2.00 bits per heavy atom. The molecule has 5 rings (SSSR count). The highest BCUT2D eigenvalue weighted by Gasteiger charge is 2.56. The Kier molecular flexibility index (Phi) is 4.35. The van der Waals surface area contributed by atoms with Crippen molar-refractivity contribution >= 4 is 23.5 Å². The average Bonchev–Trinajstić information content (AvgIpc) is 2.98. The van der Waals surface area contributed by atoms with Crippen molar-refractivity contribution < 1.29 is 9.59 Å². The van der Waals surface area contributed by atoms with Crippen molar-refractivity contribution in [3.63, 3.8) is 0 Å². The van der Waals surface area contributed by atoms with Crippen molar-refractivity contribution in [3.05, 3.63) is 70.3 Å². The molecule has 3 aliphatic rings. The molecule has 2 saturated carbocycles. The number of nitrogen functional groups attached to an aromatic ring is 1. The molecule has 0 aromatic heterocycles. The Balaban J connectivity index is 1.48. The third kappa shape index (κ3) is 2.89. The number of carbonyl (C=O) groups excluding carboxylic acids is 2. The van der Waals surface area contributed by atoms with Gasteiger partial charge in [0, 0.05) is 16.7 Å². The lowest BCUT2D eigenvalue weighted by molar-refractivity contribution is -0.127. The fraction of sp³-hybridized carbons (Fsp3) is 0.385. The van der Waals surface area contributed by atoms with Crippen molar-refractivity contribution in [2.75, 3.05) is 5.73 Å². The van der Waals surface area contributed by atoms with Crippen LogP contribution in [0.1, 0.15) is 65.6 Å². The molecule has 0 spiro atoms. The van der Waals surface area contributed by atoms with Crippen molar-refractivity contribution in [1.29, 1.82) is 0 Å². The van der Waals surface area contributed by atoms with Crippen LogP contribution >= 0.6 is 0 Å². The van der Waals surface area contributed by atoms with E-state index in [1.807, 2.05) is 24.3 Å². The van der Waals surface area contributed by atoms with Gasteiger partial charge in [-0.25, -0.2) is 0 Å². The fourth-order valence-corrected chi connectivity index (χ4v) is 6.38. The third-order valence-electron chi connectivity index (χ3n) is 7.90. The number of rotatable bonds is 2. The second-order valence-corrected chi connectivity index (χ2v) is 9.52. The average molecular weight is 401 g/mol. The number of allylic oxidation sites excluding steroid dienone is 1. The van der Waals surface area contributed by atoms with Crippen LogP contribution in [0.3, 0.4) is 0 Å². The summed E-state index contributed by atoms with van der Waals surface area (Å²) >= 11 is 0. The minimum absolute atomic E-state index is 0.278. The van der Waals surface area contributed by atoms with Crippen LogP contribution in [0.4, 0.5) is 5.69 Å². The molecule has 0 bridgehead atoms. The molecule has 154 valence electrons. The van der Waals surface area contributed by atoms with Gasteiger partial charge in [-0.05, 0) is 102 Å². The minimum Gasteiger partial charge on any atom is -0.399 e. The van der Waals surface area contributed by atoms with Gasteiger partial charge < -0.3 is 11.5 Å². The van der Waals surface area contributed by atoms with Crippen molar-refractivity contribution in [2.24, 2.45) is 23.0 Å². The summed E-state index contributed by atoms with van der Waals surface area (Å²) in [6, 6.07) is 13.6. The molecule has 4 nitrogen and oxygen atoms in total. The van der Waals surface area contributed by atoms with Crippen LogP contribution in [0.25, 0.3) is 6.08 Å². The van der Waals surface area contributed by atoms with Gasteiger partial charge in [-0.1, -0.05) is 25.1 Å². The van der Waals surface area contributed by atoms with Crippen LogP contribution in [-0.4, -0.2) is 11.7 Å². The smallest absolute Gasteiger partial charge is 0.248 e. The molecule has 0 saturated heterocycles. The Bertz CT molecular complexity index is 1090.